The van der Waals surface area contributed by atoms with E-state index in [9.17, 15) is 34.2 Å². The van der Waals surface area contributed by atoms with Gasteiger partial charge in [-0.15, -0.1) is 0 Å². The number of rotatable bonds is 15. The number of aliphatic hydroxyl groups is 1. The van der Waals surface area contributed by atoms with E-state index in [0.29, 0.717) is 6.42 Å². The predicted molar refractivity (Wildman–Crippen MR) is 120 cm³/mol. The van der Waals surface area contributed by atoms with Crippen molar-refractivity contribution in [2.45, 2.75) is 90.6 Å². The summed E-state index contributed by atoms with van der Waals surface area (Å²) in [4.78, 5) is 60.4. The van der Waals surface area contributed by atoms with Gasteiger partial charge in [0.05, 0.1) is 12.1 Å². The summed E-state index contributed by atoms with van der Waals surface area (Å²) in [6.07, 6.45) is -0.801. The fraction of sp³-hybridized carbons (Fsp3) is 0.762. The van der Waals surface area contributed by atoms with Crippen LogP contribution in [-0.4, -0.2) is 70.1 Å². The Morgan fingerprint density at radius 1 is 0.879 bits per heavy atom. The molecule has 0 aliphatic carbocycles. The summed E-state index contributed by atoms with van der Waals surface area (Å²) < 4.78 is 0. The standard InChI is InChI=1S/C21H39N5O7/c1-6-11(4)16(19(30)24-14(21(32)33)9-10(2)3)25-20(31)17(12(5)27)26-18(29)13(22)7-8-15(23)28/h10-14,16-17,27H,6-9,22H2,1-5H3,(H2,23,28)(H,24,30)(H,25,31)(H,26,29)(H,32,33). The molecule has 9 N–H and O–H groups in total. The van der Waals surface area contributed by atoms with E-state index in [1.807, 2.05) is 13.8 Å². The van der Waals surface area contributed by atoms with E-state index in [2.05, 4.69) is 16.0 Å². The van der Waals surface area contributed by atoms with Crippen LogP contribution in [0.3, 0.4) is 0 Å². The molecule has 0 aliphatic heterocycles. The van der Waals surface area contributed by atoms with Crippen LogP contribution in [-0.2, 0) is 24.0 Å². The number of carbonyl (C=O) groups excluding carboxylic acids is 4. The molecule has 0 aromatic carbocycles. The van der Waals surface area contributed by atoms with Gasteiger partial charge in [0.1, 0.15) is 18.1 Å². The number of primary amides is 1. The quantitative estimate of drug-likeness (QED) is 0.150. The molecule has 0 radical (unpaired) electrons. The first-order valence-electron chi connectivity index (χ1n) is 11.1. The first kappa shape index (κ1) is 30.3. The van der Waals surface area contributed by atoms with Crippen LogP contribution in [0, 0.1) is 11.8 Å². The van der Waals surface area contributed by atoms with Crippen LogP contribution in [0.2, 0.25) is 0 Å². The molecule has 6 unspecified atom stereocenters. The molecule has 6 atom stereocenters. The third-order valence-electron chi connectivity index (χ3n) is 5.22. The van der Waals surface area contributed by atoms with Crippen molar-refractivity contribution in [3.63, 3.8) is 0 Å². The number of nitrogens with two attached hydrogens (primary N) is 2. The lowest BCUT2D eigenvalue weighted by atomic mass is 9.96. The molecule has 12 heteroatoms. The minimum absolute atomic E-state index is 0.0108. The number of amides is 4. The average molecular weight is 474 g/mol. The van der Waals surface area contributed by atoms with Crippen molar-refractivity contribution in [3.8, 4) is 0 Å². The SMILES string of the molecule is CCC(C)C(NC(=O)C(NC(=O)C(N)CCC(N)=O)C(C)O)C(=O)NC(CC(C)C)C(=O)O. The Morgan fingerprint density at radius 3 is 1.82 bits per heavy atom. The van der Waals surface area contributed by atoms with Gasteiger partial charge >= 0.3 is 5.97 Å². The number of aliphatic hydroxyl groups excluding tert-OH is 1. The van der Waals surface area contributed by atoms with Crippen LogP contribution < -0.4 is 27.4 Å². The molecule has 0 spiro atoms. The van der Waals surface area contributed by atoms with Gasteiger partial charge in [0.25, 0.3) is 0 Å². The second-order valence-corrected chi connectivity index (χ2v) is 8.74. The highest BCUT2D eigenvalue weighted by Crippen LogP contribution is 2.11. The maximum absolute atomic E-state index is 12.8. The molecule has 0 heterocycles. The molecule has 0 aromatic heterocycles. The zero-order valence-corrected chi connectivity index (χ0v) is 20.0. The fourth-order valence-corrected chi connectivity index (χ4v) is 2.99. The Kier molecular flexibility index (Phi) is 13.2. The molecule has 33 heavy (non-hydrogen) atoms. The highest BCUT2D eigenvalue weighted by molar-refractivity contribution is 5.94. The van der Waals surface area contributed by atoms with Gasteiger partial charge in [-0.3, -0.25) is 19.2 Å². The Hall–Kier alpha value is -2.73. The summed E-state index contributed by atoms with van der Waals surface area (Å²) in [5, 5.41) is 26.7. The molecular weight excluding hydrogens is 434 g/mol. The number of aliphatic carboxylic acids is 1. The largest absolute Gasteiger partial charge is 0.480 e. The summed E-state index contributed by atoms with van der Waals surface area (Å²) in [6.45, 7) is 8.42. The van der Waals surface area contributed by atoms with E-state index >= 15 is 0 Å². The number of hydrogen-bond donors (Lipinski definition) is 7. The summed E-state index contributed by atoms with van der Waals surface area (Å²) in [6, 6.07) is -4.79. The maximum atomic E-state index is 12.8. The first-order valence-corrected chi connectivity index (χ1v) is 11.1. The molecule has 0 fully saturated rings. The molecule has 0 saturated heterocycles. The van der Waals surface area contributed by atoms with Crippen molar-refractivity contribution in [1.82, 2.24) is 16.0 Å². The van der Waals surface area contributed by atoms with Crippen molar-refractivity contribution in [1.29, 1.82) is 0 Å². The van der Waals surface area contributed by atoms with E-state index in [1.54, 1.807) is 13.8 Å². The summed E-state index contributed by atoms with van der Waals surface area (Å²) in [5.74, 6) is -4.48. The Balaban J connectivity index is 5.45. The smallest absolute Gasteiger partial charge is 0.326 e. The molecule has 0 saturated carbocycles. The van der Waals surface area contributed by atoms with Crippen LogP contribution in [0.25, 0.3) is 0 Å². The predicted octanol–water partition coefficient (Wildman–Crippen LogP) is -1.41. The Morgan fingerprint density at radius 2 is 1.39 bits per heavy atom. The van der Waals surface area contributed by atoms with Crippen LogP contribution >= 0.6 is 0 Å². The van der Waals surface area contributed by atoms with Gasteiger partial charge in [-0.1, -0.05) is 34.1 Å². The lowest BCUT2D eigenvalue weighted by Crippen LogP contribution is -2.61. The van der Waals surface area contributed by atoms with Gasteiger partial charge in [0, 0.05) is 6.42 Å². The molecule has 12 nitrogen and oxygen atoms in total. The number of carboxylic acid groups (broad SMARTS) is 1. The van der Waals surface area contributed by atoms with Crippen molar-refractivity contribution >= 4 is 29.6 Å². The number of hydrogen-bond acceptors (Lipinski definition) is 7. The average Bonchev–Trinajstić information content (AvgIpc) is 2.71. The van der Waals surface area contributed by atoms with E-state index in [0.717, 1.165) is 0 Å². The Labute approximate surface area is 194 Å². The second-order valence-electron chi connectivity index (χ2n) is 8.74. The number of nitrogens with one attached hydrogen (secondary N) is 3. The number of carbonyl (C=O) groups is 5. The topological polar surface area (TPSA) is 214 Å². The van der Waals surface area contributed by atoms with Gasteiger partial charge < -0.3 is 37.6 Å². The number of carboxylic acids is 1. The van der Waals surface area contributed by atoms with E-state index in [1.165, 1.54) is 6.92 Å². The highest BCUT2D eigenvalue weighted by Gasteiger charge is 2.34. The fourth-order valence-electron chi connectivity index (χ4n) is 2.99. The third kappa shape index (κ3) is 11.1. The lowest BCUT2D eigenvalue weighted by molar-refractivity contribution is -0.143. The van der Waals surface area contributed by atoms with E-state index < -0.39 is 59.9 Å². The van der Waals surface area contributed by atoms with Gasteiger partial charge in [-0.25, -0.2) is 4.79 Å². The van der Waals surface area contributed by atoms with Crippen molar-refractivity contribution < 1.29 is 34.2 Å². The molecule has 0 aromatic rings. The monoisotopic (exact) mass is 473 g/mol. The van der Waals surface area contributed by atoms with Crippen LogP contribution in [0.5, 0.6) is 0 Å². The van der Waals surface area contributed by atoms with Crippen LogP contribution in [0.1, 0.15) is 60.3 Å². The normalized spacial score (nSPS) is 16.6. The Bertz CT molecular complexity index is 698. The zero-order chi connectivity index (χ0) is 25.9. The van der Waals surface area contributed by atoms with Crippen LogP contribution in [0.15, 0.2) is 0 Å². The van der Waals surface area contributed by atoms with Gasteiger partial charge in [0.2, 0.25) is 23.6 Å². The van der Waals surface area contributed by atoms with Crippen LogP contribution in [0.4, 0.5) is 0 Å². The molecule has 4 amide bonds. The first-order chi connectivity index (χ1) is 15.2. The van der Waals surface area contributed by atoms with Gasteiger partial charge in [0.15, 0.2) is 0 Å². The second kappa shape index (κ2) is 14.4. The molecule has 0 rings (SSSR count). The van der Waals surface area contributed by atoms with Gasteiger partial charge in [-0.2, -0.15) is 0 Å². The molecule has 190 valence electrons. The minimum Gasteiger partial charge on any atom is -0.480 e. The van der Waals surface area contributed by atoms with E-state index in [4.69, 9.17) is 11.5 Å². The van der Waals surface area contributed by atoms with E-state index in [-0.39, 0.29) is 31.1 Å². The summed E-state index contributed by atoms with van der Waals surface area (Å²) in [7, 11) is 0. The molecule has 0 aliphatic rings. The van der Waals surface area contributed by atoms with Gasteiger partial charge in [-0.05, 0) is 31.6 Å². The van der Waals surface area contributed by atoms with Crippen molar-refractivity contribution in [2.24, 2.45) is 23.3 Å². The molecule has 0 bridgehead atoms. The zero-order valence-electron chi connectivity index (χ0n) is 20.0. The third-order valence-corrected chi connectivity index (χ3v) is 5.22. The highest BCUT2D eigenvalue weighted by atomic mass is 16.4. The maximum Gasteiger partial charge on any atom is 0.326 e. The van der Waals surface area contributed by atoms with Crippen molar-refractivity contribution in [2.75, 3.05) is 0 Å². The van der Waals surface area contributed by atoms with Crippen molar-refractivity contribution in [3.05, 3.63) is 0 Å². The minimum atomic E-state index is -1.43. The summed E-state index contributed by atoms with van der Waals surface area (Å²) >= 11 is 0. The summed E-state index contributed by atoms with van der Waals surface area (Å²) in [5.41, 5.74) is 10.7. The lowest BCUT2D eigenvalue weighted by Gasteiger charge is -2.29. The molecular formula is C21H39N5O7.